The number of rotatable bonds is 8. The third-order valence-corrected chi connectivity index (χ3v) is 7.18. The summed E-state index contributed by atoms with van der Waals surface area (Å²) in [6.45, 7) is 4.40. The van der Waals surface area contributed by atoms with Gasteiger partial charge in [0.05, 0.1) is 32.2 Å². The van der Waals surface area contributed by atoms with Crippen molar-refractivity contribution in [3.8, 4) is 22.2 Å². The summed E-state index contributed by atoms with van der Waals surface area (Å²) in [4.78, 5) is 17.6. The van der Waals surface area contributed by atoms with E-state index in [0.29, 0.717) is 44.2 Å². The number of halogens is 4. The Morgan fingerprint density at radius 1 is 1.03 bits per heavy atom. The zero-order valence-electron chi connectivity index (χ0n) is 18.3. The summed E-state index contributed by atoms with van der Waals surface area (Å²) >= 11 is 14.0. The fraction of sp³-hybridized carbons (Fsp3) is 0.348. The Morgan fingerprint density at radius 2 is 1.76 bits per heavy atom. The molecule has 1 aliphatic rings. The van der Waals surface area contributed by atoms with Crippen molar-refractivity contribution in [2.45, 2.75) is 25.7 Å². The molecule has 0 bridgehead atoms. The number of nitrogens with zero attached hydrogens (tertiary/aromatic N) is 4. The van der Waals surface area contributed by atoms with E-state index in [1.807, 2.05) is 17.5 Å². The Labute approximate surface area is 224 Å². The maximum absolute atomic E-state index is 6.21. The molecule has 0 amide bonds. The van der Waals surface area contributed by atoms with Crippen LogP contribution in [0.5, 0.6) is 0 Å². The molecule has 1 fully saturated rings. The summed E-state index contributed by atoms with van der Waals surface area (Å²) in [6, 6.07) is 7.45. The minimum atomic E-state index is 0. The minimum Gasteiger partial charge on any atom is -0.434 e. The highest BCUT2D eigenvalue weighted by atomic mass is 35.5. The van der Waals surface area contributed by atoms with Crippen LogP contribution in [-0.4, -0.2) is 46.0 Å². The van der Waals surface area contributed by atoms with Crippen molar-refractivity contribution in [3.63, 3.8) is 0 Å². The van der Waals surface area contributed by atoms with E-state index in [9.17, 15) is 0 Å². The molecular formula is C23H25Cl4N5OS. The molecule has 5 rings (SSSR count). The standard InChI is InChI=1S/C23H23Cl2N5OS.2ClH/c24-15-12-17-18(13-16(15)25)29-22(26-7-1-2-8-30-9-3-4-10-30)21(28-17)23-27-14-19(31-23)20-6-5-11-32-20;;/h5-6,11-14H,1-4,7-10H2,(H,26,29);2*1H. The van der Waals surface area contributed by atoms with E-state index in [-0.39, 0.29) is 24.8 Å². The normalized spacial score (nSPS) is 13.6. The molecule has 4 heterocycles. The number of thiophene rings is 1. The summed E-state index contributed by atoms with van der Waals surface area (Å²) in [5, 5.41) is 6.34. The van der Waals surface area contributed by atoms with Gasteiger partial charge in [0.2, 0.25) is 5.89 Å². The summed E-state index contributed by atoms with van der Waals surface area (Å²) < 4.78 is 6.04. The summed E-state index contributed by atoms with van der Waals surface area (Å²) in [6.07, 6.45) is 6.56. The Balaban J connectivity index is 0.00000162. The van der Waals surface area contributed by atoms with Crippen LogP contribution in [0.15, 0.2) is 40.3 Å². The van der Waals surface area contributed by atoms with Crippen molar-refractivity contribution >= 4 is 76.2 Å². The Kier molecular flexibility index (Phi) is 9.83. The van der Waals surface area contributed by atoms with Gasteiger partial charge < -0.3 is 14.6 Å². The predicted molar refractivity (Wildman–Crippen MR) is 146 cm³/mol. The number of hydrogen-bond acceptors (Lipinski definition) is 7. The third kappa shape index (κ3) is 6.14. The van der Waals surface area contributed by atoms with Crippen molar-refractivity contribution in [2.24, 2.45) is 0 Å². The van der Waals surface area contributed by atoms with Crippen molar-refractivity contribution in [2.75, 3.05) is 31.5 Å². The minimum absolute atomic E-state index is 0. The van der Waals surface area contributed by atoms with Crippen LogP contribution in [0, 0.1) is 0 Å². The number of likely N-dealkylation sites (tertiary alicyclic amines) is 1. The van der Waals surface area contributed by atoms with Crippen molar-refractivity contribution < 1.29 is 4.42 Å². The quantitative estimate of drug-likeness (QED) is 0.226. The Bertz CT molecular complexity index is 1210. The van der Waals surface area contributed by atoms with Crippen LogP contribution in [0.25, 0.3) is 33.3 Å². The van der Waals surface area contributed by atoms with Gasteiger partial charge in [-0.25, -0.2) is 15.0 Å². The molecular weight excluding hydrogens is 536 g/mol. The van der Waals surface area contributed by atoms with Gasteiger partial charge in [-0.2, -0.15) is 0 Å². The lowest BCUT2D eigenvalue weighted by Crippen LogP contribution is -2.21. The smallest absolute Gasteiger partial charge is 0.249 e. The summed E-state index contributed by atoms with van der Waals surface area (Å²) in [7, 11) is 0. The average Bonchev–Trinajstić information content (AvgIpc) is 3.56. The molecule has 0 radical (unpaired) electrons. The average molecular weight is 561 g/mol. The fourth-order valence-corrected chi connectivity index (χ4v) is 4.90. The zero-order valence-corrected chi connectivity index (χ0v) is 22.3. The zero-order chi connectivity index (χ0) is 21.9. The Hall–Kier alpha value is -1.61. The highest BCUT2D eigenvalue weighted by Crippen LogP contribution is 2.33. The molecule has 0 aliphatic carbocycles. The van der Waals surface area contributed by atoms with Crippen LogP contribution in [0.1, 0.15) is 25.7 Å². The van der Waals surface area contributed by atoms with Crippen molar-refractivity contribution in [3.05, 3.63) is 45.9 Å². The maximum atomic E-state index is 6.21. The Morgan fingerprint density at radius 3 is 2.47 bits per heavy atom. The number of benzene rings is 1. The second-order valence-electron chi connectivity index (χ2n) is 7.87. The molecule has 0 saturated carbocycles. The van der Waals surface area contributed by atoms with Gasteiger partial charge in [-0.15, -0.1) is 36.2 Å². The van der Waals surface area contributed by atoms with Crippen molar-refractivity contribution in [1.82, 2.24) is 19.9 Å². The lowest BCUT2D eigenvalue weighted by Gasteiger charge is -2.14. The first-order valence-electron chi connectivity index (χ1n) is 10.8. The van der Waals surface area contributed by atoms with E-state index in [2.05, 4.69) is 15.2 Å². The molecule has 3 aromatic heterocycles. The molecule has 1 aromatic carbocycles. The fourth-order valence-electron chi connectivity index (χ4n) is 3.91. The van der Waals surface area contributed by atoms with Gasteiger partial charge in [0, 0.05) is 6.54 Å². The number of unbranched alkanes of at least 4 members (excludes halogenated alkanes) is 1. The molecule has 4 aromatic rings. The predicted octanol–water partition coefficient (Wildman–Crippen LogP) is 7.45. The van der Waals surface area contributed by atoms with Gasteiger partial charge in [0.1, 0.15) is 0 Å². The first kappa shape index (κ1) is 27.0. The van der Waals surface area contributed by atoms with Gasteiger partial charge in [-0.3, -0.25) is 0 Å². The monoisotopic (exact) mass is 559 g/mol. The molecule has 182 valence electrons. The highest BCUT2D eigenvalue weighted by Gasteiger charge is 2.18. The molecule has 1 N–H and O–H groups in total. The molecule has 11 heteroatoms. The number of fused-ring (bicyclic) bond motifs is 1. The largest absolute Gasteiger partial charge is 0.434 e. The van der Waals surface area contributed by atoms with Crippen LogP contribution in [0.2, 0.25) is 10.0 Å². The first-order valence-corrected chi connectivity index (χ1v) is 12.4. The van der Waals surface area contributed by atoms with E-state index < -0.39 is 0 Å². The summed E-state index contributed by atoms with van der Waals surface area (Å²) in [5.74, 6) is 1.77. The number of anilines is 1. The second-order valence-corrected chi connectivity index (χ2v) is 9.63. The molecule has 1 aliphatic heterocycles. The summed E-state index contributed by atoms with van der Waals surface area (Å²) in [5.41, 5.74) is 1.89. The maximum Gasteiger partial charge on any atom is 0.249 e. The van der Waals surface area contributed by atoms with E-state index in [0.717, 1.165) is 30.8 Å². The van der Waals surface area contributed by atoms with Crippen LogP contribution < -0.4 is 5.32 Å². The van der Waals surface area contributed by atoms with Gasteiger partial charge in [0.15, 0.2) is 17.3 Å². The van der Waals surface area contributed by atoms with Crippen LogP contribution in [0.4, 0.5) is 5.82 Å². The molecule has 0 unspecified atom stereocenters. The molecule has 0 atom stereocenters. The van der Waals surface area contributed by atoms with Crippen LogP contribution >= 0.6 is 59.4 Å². The highest BCUT2D eigenvalue weighted by molar-refractivity contribution is 7.13. The van der Waals surface area contributed by atoms with E-state index >= 15 is 0 Å². The van der Waals surface area contributed by atoms with E-state index in [1.54, 1.807) is 29.7 Å². The lowest BCUT2D eigenvalue weighted by molar-refractivity contribution is 0.331. The molecule has 1 saturated heterocycles. The number of hydrogen-bond donors (Lipinski definition) is 1. The number of oxazole rings is 1. The van der Waals surface area contributed by atoms with Gasteiger partial charge >= 0.3 is 0 Å². The number of aromatic nitrogens is 3. The van der Waals surface area contributed by atoms with E-state index in [1.165, 1.54) is 25.9 Å². The SMILES string of the molecule is Cl.Cl.Clc1cc2nc(NCCCCN3CCCC3)c(-c3ncc(-c4cccs4)o3)nc2cc1Cl. The first-order chi connectivity index (χ1) is 15.7. The van der Waals surface area contributed by atoms with Gasteiger partial charge in [0.25, 0.3) is 0 Å². The van der Waals surface area contributed by atoms with Crippen LogP contribution in [0.3, 0.4) is 0 Å². The van der Waals surface area contributed by atoms with Crippen LogP contribution in [-0.2, 0) is 0 Å². The van der Waals surface area contributed by atoms with Gasteiger partial charge in [-0.1, -0.05) is 29.3 Å². The molecule has 0 spiro atoms. The number of nitrogens with one attached hydrogen (secondary N) is 1. The topological polar surface area (TPSA) is 67.1 Å². The van der Waals surface area contributed by atoms with E-state index in [4.69, 9.17) is 37.6 Å². The molecule has 6 nitrogen and oxygen atoms in total. The van der Waals surface area contributed by atoms with Gasteiger partial charge in [-0.05, 0) is 68.9 Å². The lowest BCUT2D eigenvalue weighted by atomic mass is 10.2. The molecule has 34 heavy (non-hydrogen) atoms. The second kappa shape index (κ2) is 12.4. The third-order valence-electron chi connectivity index (χ3n) is 5.57. The van der Waals surface area contributed by atoms with Crippen molar-refractivity contribution in [1.29, 1.82) is 0 Å².